The van der Waals surface area contributed by atoms with Crippen molar-refractivity contribution >= 4 is 56.2 Å². The van der Waals surface area contributed by atoms with Gasteiger partial charge < -0.3 is 20.9 Å². The van der Waals surface area contributed by atoms with Crippen LogP contribution in [0.2, 0.25) is 0 Å². The van der Waals surface area contributed by atoms with E-state index in [1.54, 1.807) is 24.3 Å². The average molecular weight is 806 g/mol. The molecule has 0 atom stereocenters. The summed E-state index contributed by atoms with van der Waals surface area (Å²) in [7, 11) is 0. The molecule has 3 saturated carbocycles. The minimum absolute atomic E-state index is 0. The fourth-order valence-electron chi connectivity index (χ4n) is 8.52. The third-order valence-corrected chi connectivity index (χ3v) is 12.0. The van der Waals surface area contributed by atoms with Gasteiger partial charge in [0.2, 0.25) is 11.8 Å². The minimum Gasteiger partial charge on any atom is -0.399 e. The fourth-order valence-corrected chi connectivity index (χ4v) is 8.79. The van der Waals surface area contributed by atoms with Crippen LogP contribution in [-0.2, 0) is 9.59 Å². The van der Waals surface area contributed by atoms with Crippen LogP contribution in [0.5, 0.6) is 0 Å². The molecule has 0 unspecified atom stereocenters. The quantitative estimate of drug-likeness (QED) is 0.150. The summed E-state index contributed by atoms with van der Waals surface area (Å²) in [6, 6.07) is 22.1. The van der Waals surface area contributed by atoms with Crippen molar-refractivity contribution in [1.82, 2.24) is 5.32 Å². The van der Waals surface area contributed by atoms with Gasteiger partial charge in [0.25, 0.3) is 11.4 Å². The summed E-state index contributed by atoms with van der Waals surface area (Å²) in [6.07, 6.45) is 14.1. The summed E-state index contributed by atoms with van der Waals surface area (Å²) in [5.41, 5.74) is 10.1. The lowest BCUT2D eigenvalue weighted by atomic mass is 9.77. The normalized spacial score (nSPS) is 25.8. The van der Waals surface area contributed by atoms with E-state index in [1.165, 1.54) is 74.2 Å². The first kappa shape index (κ1) is 40.4. The molecule has 0 spiro atoms. The second kappa shape index (κ2) is 18.0. The predicted octanol–water partition coefficient (Wildman–Crippen LogP) is 9.58. The molecular formula is C41H53BrN6O6. The summed E-state index contributed by atoms with van der Waals surface area (Å²) in [6.45, 7) is 4.27. The zero-order valence-electron chi connectivity index (χ0n) is 29.8. The number of nitro benzene ring substituents is 2. The summed E-state index contributed by atoms with van der Waals surface area (Å²) < 4.78 is 0.845. The highest BCUT2D eigenvalue weighted by molar-refractivity contribution is 9.10. The van der Waals surface area contributed by atoms with E-state index >= 15 is 0 Å². The topological polar surface area (TPSA) is 165 Å². The second-order valence-electron chi connectivity index (χ2n) is 14.7. The number of nitro groups is 2. The molecule has 13 heteroatoms. The summed E-state index contributed by atoms with van der Waals surface area (Å²) in [4.78, 5) is 47.3. The second-order valence-corrected chi connectivity index (χ2v) is 15.7. The number of nitrogen functional groups attached to an aromatic ring is 1. The molecule has 3 aliphatic carbocycles. The number of amides is 2. The summed E-state index contributed by atoms with van der Waals surface area (Å²) >= 11 is 3.17. The molecule has 3 aromatic carbocycles. The van der Waals surface area contributed by atoms with Gasteiger partial charge in [-0.2, -0.15) is 0 Å². The zero-order chi connectivity index (χ0) is 37.6. The lowest BCUT2D eigenvalue weighted by Crippen LogP contribution is -2.52. The molecule has 54 heavy (non-hydrogen) atoms. The van der Waals surface area contributed by atoms with E-state index in [0.717, 1.165) is 54.4 Å². The Morgan fingerprint density at radius 3 is 1.48 bits per heavy atom. The van der Waals surface area contributed by atoms with Crippen LogP contribution in [0.15, 0.2) is 89.5 Å². The van der Waals surface area contributed by atoms with E-state index in [2.05, 4.69) is 44.9 Å². The number of carbonyl (C=O) groups is 2. The number of hydrogen-bond donors (Lipinski definition) is 2. The average Bonchev–Trinajstić information content (AvgIpc) is 3.18. The molecule has 6 saturated heterocycles. The Hall–Kier alpha value is -4.78. The first-order chi connectivity index (χ1) is 25.5. The van der Waals surface area contributed by atoms with Crippen LogP contribution in [0.25, 0.3) is 0 Å². The van der Waals surface area contributed by atoms with Gasteiger partial charge >= 0.3 is 0 Å². The van der Waals surface area contributed by atoms with Crippen molar-refractivity contribution in [1.29, 1.82) is 0 Å². The van der Waals surface area contributed by atoms with Gasteiger partial charge in [-0.05, 0) is 131 Å². The molecule has 9 fully saturated rings. The highest BCUT2D eigenvalue weighted by atomic mass is 79.9. The van der Waals surface area contributed by atoms with E-state index in [9.17, 15) is 29.8 Å². The first-order valence-electron chi connectivity index (χ1n) is 18.6. The number of non-ortho nitro benzene ring substituents is 2. The standard InChI is InChI=1S/C14H18N2.C13H14N2O3.C7H11NO.C6H4BrNO2.CH4.H2/c1-10-11-2-6-13(7-3-11)16(10)14-8-4-12(15)5-9-14;16-13-9-1-3-10(4-2-9)14(13)11-5-7-12(8-6-11)15(17)18;9-7-5-1-3-6(8-7)4-2-5;7-5-1-3-6(4-2-5)8(9)10;;/h4-5,8-9,11,13H,1-3,6-7,15H2;5-10H,1-4H2;5-6H,1-4H2,(H,8,9);1-4H;1H4;1H. The third-order valence-electron chi connectivity index (χ3n) is 11.5. The van der Waals surface area contributed by atoms with Crippen LogP contribution in [0.1, 0.15) is 85.9 Å². The van der Waals surface area contributed by atoms with Crippen LogP contribution >= 0.6 is 15.9 Å². The molecule has 6 aliphatic heterocycles. The Kier molecular flexibility index (Phi) is 13.5. The van der Waals surface area contributed by atoms with E-state index in [0.29, 0.717) is 29.8 Å². The molecule has 9 aliphatic rings. The van der Waals surface area contributed by atoms with E-state index < -0.39 is 9.85 Å². The predicted molar refractivity (Wildman–Crippen MR) is 218 cm³/mol. The molecule has 3 N–H and O–H groups in total. The maximum Gasteiger partial charge on any atom is 0.269 e. The number of nitrogens with zero attached hydrogens (tertiary/aromatic N) is 4. The Morgan fingerprint density at radius 2 is 1.07 bits per heavy atom. The number of rotatable bonds is 4. The van der Waals surface area contributed by atoms with Crippen molar-refractivity contribution in [3.63, 3.8) is 0 Å². The zero-order valence-corrected chi connectivity index (χ0v) is 31.4. The van der Waals surface area contributed by atoms with Crippen molar-refractivity contribution in [2.24, 2.45) is 17.8 Å². The number of allylic oxidation sites excluding steroid dienone is 1. The highest BCUT2D eigenvalue weighted by Crippen LogP contribution is 2.44. The smallest absolute Gasteiger partial charge is 0.269 e. The molecule has 0 aromatic heterocycles. The van der Waals surface area contributed by atoms with Gasteiger partial charge in [0, 0.05) is 82.9 Å². The minimum atomic E-state index is -0.424. The van der Waals surface area contributed by atoms with Crippen LogP contribution in [0.3, 0.4) is 0 Å². The number of nitrogens with one attached hydrogen (secondary N) is 1. The van der Waals surface area contributed by atoms with Gasteiger partial charge in [0.15, 0.2) is 0 Å². The van der Waals surface area contributed by atoms with Crippen LogP contribution in [-0.4, -0.2) is 39.8 Å². The number of fused-ring (bicyclic) bond motifs is 9. The van der Waals surface area contributed by atoms with Gasteiger partial charge in [-0.15, -0.1) is 0 Å². The van der Waals surface area contributed by atoms with Crippen LogP contribution in [0.4, 0.5) is 28.4 Å². The van der Waals surface area contributed by atoms with E-state index in [-0.39, 0.29) is 38.1 Å². The van der Waals surface area contributed by atoms with Gasteiger partial charge in [-0.3, -0.25) is 29.8 Å². The molecule has 2 amide bonds. The number of benzene rings is 3. The third kappa shape index (κ3) is 9.47. The SMILES string of the molecule is C.C=C1C2CCC(CC2)N1c1ccc(N)cc1.O=C1C2CCC(CC2)N1c1ccc([N+](=O)[O-])cc1.O=C1NC2CCC1CC2.O=[N+]([O-])c1ccc(Br)cc1.[HH]. The Morgan fingerprint density at radius 1 is 0.648 bits per heavy atom. The molecule has 290 valence electrons. The fraction of sp³-hybridized carbons (Fsp3) is 0.463. The summed E-state index contributed by atoms with van der Waals surface area (Å²) in [5, 5.41) is 23.7. The maximum absolute atomic E-state index is 12.2. The lowest BCUT2D eigenvalue weighted by molar-refractivity contribution is -0.385. The first-order valence-corrected chi connectivity index (χ1v) is 19.4. The number of carbonyl (C=O) groups excluding carboxylic acids is 2. The van der Waals surface area contributed by atoms with Crippen molar-refractivity contribution in [2.45, 2.75) is 103 Å². The van der Waals surface area contributed by atoms with Crippen LogP contribution in [0, 0.1) is 38.0 Å². The Balaban J connectivity index is 0.000000167. The van der Waals surface area contributed by atoms with Gasteiger partial charge in [-0.1, -0.05) is 29.9 Å². The molecule has 3 aromatic rings. The molecule has 6 heterocycles. The molecule has 12 nitrogen and oxygen atoms in total. The molecule has 6 bridgehead atoms. The van der Waals surface area contributed by atoms with Crippen molar-refractivity contribution < 1.29 is 20.9 Å². The molecular weight excluding hydrogens is 752 g/mol. The molecule has 12 rings (SSSR count). The molecule has 0 radical (unpaired) electrons. The lowest BCUT2D eigenvalue weighted by Gasteiger charge is -2.48. The van der Waals surface area contributed by atoms with Gasteiger partial charge in [0.1, 0.15) is 0 Å². The van der Waals surface area contributed by atoms with Crippen LogP contribution < -0.4 is 20.9 Å². The number of anilines is 3. The largest absolute Gasteiger partial charge is 0.399 e. The van der Waals surface area contributed by atoms with Crippen molar-refractivity contribution in [3.8, 4) is 0 Å². The highest BCUT2D eigenvalue weighted by Gasteiger charge is 2.41. The van der Waals surface area contributed by atoms with E-state index in [1.807, 2.05) is 17.0 Å². The van der Waals surface area contributed by atoms with Crippen molar-refractivity contribution in [3.05, 3.63) is 110 Å². The monoisotopic (exact) mass is 804 g/mol. The van der Waals surface area contributed by atoms with E-state index in [4.69, 9.17) is 5.73 Å². The van der Waals surface area contributed by atoms with Gasteiger partial charge in [-0.25, -0.2) is 0 Å². The number of hydrogen-bond acceptors (Lipinski definition) is 8. The number of piperidine rings is 6. The Bertz CT molecular complexity index is 1790. The number of nitrogens with two attached hydrogens (primary N) is 1. The number of halogens is 1. The van der Waals surface area contributed by atoms with Crippen molar-refractivity contribution in [2.75, 3.05) is 15.5 Å². The summed E-state index contributed by atoms with van der Waals surface area (Å²) in [5.74, 6) is 1.73. The van der Waals surface area contributed by atoms with Gasteiger partial charge in [0.05, 0.1) is 9.85 Å². The Labute approximate surface area is 327 Å². The maximum atomic E-state index is 12.2.